The van der Waals surface area contributed by atoms with Crippen molar-refractivity contribution >= 4 is 11.8 Å². The van der Waals surface area contributed by atoms with Crippen LogP contribution >= 0.6 is 0 Å². The number of hydrogen-bond acceptors (Lipinski definition) is 5. The second-order valence-corrected chi connectivity index (χ2v) is 7.84. The maximum atomic E-state index is 13.2. The zero-order valence-electron chi connectivity index (χ0n) is 17.0. The highest BCUT2D eigenvalue weighted by Gasteiger charge is 2.29. The summed E-state index contributed by atoms with van der Waals surface area (Å²) in [6.45, 7) is 6.60. The monoisotopic (exact) mass is 396 g/mol. The molecule has 2 aliphatic rings. The fourth-order valence-corrected chi connectivity index (χ4v) is 4.12. The number of piperidine rings is 1. The van der Waals surface area contributed by atoms with E-state index in [-0.39, 0.29) is 11.8 Å². The third-order valence-electron chi connectivity index (χ3n) is 5.85. The fraction of sp³-hybridized carbons (Fsp3) is 0.500. The Hall–Kier alpha value is -2.67. The van der Waals surface area contributed by atoms with Gasteiger partial charge < -0.3 is 14.3 Å². The fourth-order valence-electron chi connectivity index (χ4n) is 4.12. The first-order valence-corrected chi connectivity index (χ1v) is 10.4. The van der Waals surface area contributed by atoms with Crippen LogP contribution in [0.5, 0.6) is 0 Å². The first-order chi connectivity index (χ1) is 14.1. The van der Waals surface area contributed by atoms with Gasteiger partial charge in [0.15, 0.2) is 0 Å². The van der Waals surface area contributed by atoms with E-state index in [0.29, 0.717) is 49.7 Å². The van der Waals surface area contributed by atoms with Crippen molar-refractivity contribution in [1.82, 2.24) is 19.9 Å². The van der Waals surface area contributed by atoms with E-state index in [9.17, 15) is 9.59 Å². The molecule has 0 aliphatic carbocycles. The standard InChI is InChI=1S/C22H28N4O3/c1-17-20(21(23-29-17)18-8-4-2-5-9-18)22(28)26-14-12-24(13-15-26)16-19(27)25-10-6-3-7-11-25/h2,4-5,8-9H,3,6-7,10-16H2,1H3. The number of likely N-dealkylation sites (tertiary alicyclic amines) is 1. The first-order valence-electron chi connectivity index (χ1n) is 10.4. The number of aryl methyl sites for hydroxylation is 1. The van der Waals surface area contributed by atoms with Gasteiger partial charge in [-0.1, -0.05) is 35.5 Å². The number of carbonyl (C=O) groups excluding carboxylic acids is 2. The molecule has 1 aromatic heterocycles. The number of aromatic nitrogens is 1. The van der Waals surface area contributed by atoms with Gasteiger partial charge in [-0.15, -0.1) is 0 Å². The van der Waals surface area contributed by atoms with Crippen molar-refractivity contribution in [3.63, 3.8) is 0 Å². The lowest BCUT2D eigenvalue weighted by Crippen LogP contribution is -2.52. The molecule has 0 atom stereocenters. The molecule has 0 saturated carbocycles. The smallest absolute Gasteiger partial charge is 0.259 e. The third kappa shape index (κ3) is 4.34. The van der Waals surface area contributed by atoms with Crippen LogP contribution in [0.4, 0.5) is 0 Å². The van der Waals surface area contributed by atoms with Crippen LogP contribution in [0, 0.1) is 6.92 Å². The molecule has 1 aromatic carbocycles. The van der Waals surface area contributed by atoms with Crippen LogP contribution in [0.3, 0.4) is 0 Å². The van der Waals surface area contributed by atoms with Crippen LogP contribution in [-0.2, 0) is 4.79 Å². The van der Waals surface area contributed by atoms with Gasteiger partial charge in [0.2, 0.25) is 5.91 Å². The van der Waals surface area contributed by atoms with Crippen LogP contribution in [0.15, 0.2) is 34.9 Å². The Morgan fingerprint density at radius 3 is 2.31 bits per heavy atom. The molecule has 2 fully saturated rings. The maximum absolute atomic E-state index is 13.2. The van der Waals surface area contributed by atoms with Crippen LogP contribution < -0.4 is 0 Å². The van der Waals surface area contributed by atoms with E-state index >= 15 is 0 Å². The summed E-state index contributed by atoms with van der Waals surface area (Å²) in [5.74, 6) is 0.701. The Bertz CT molecular complexity index is 850. The minimum absolute atomic E-state index is 0.0513. The summed E-state index contributed by atoms with van der Waals surface area (Å²) < 4.78 is 5.34. The van der Waals surface area contributed by atoms with Gasteiger partial charge in [-0.3, -0.25) is 14.5 Å². The predicted molar refractivity (Wildman–Crippen MR) is 109 cm³/mol. The maximum Gasteiger partial charge on any atom is 0.259 e. The Kier molecular flexibility index (Phi) is 5.94. The molecular weight excluding hydrogens is 368 g/mol. The van der Waals surface area contributed by atoms with Crippen molar-refractivity contribution < 1.29 is 14.1 Å². The molecule has 0 radical (unpaired) electrons. The normalized spacial score (nSPS) is 18.1. The summed E-state index contributed by atoms with van der Waals surface area (Å²) in [7, 11) is 0. The molecule has 0 spiro atoms. The van der Waals surface area contributed by atoms with E-state index in [1.54, 1.807) is 6.92 Å². The van der Waals surface area contributed by atoms with Gasteiger partial charge in [0.1, 0.15) is 17.0 Å². The molecule has 7 heteroatoms. The molecule has 2 amide bonds. The highest BCUT2D eigenvalue weighted by atomic mass is 16.5. The zero-order valence-corrected chi connectivity index (χ0v) is 17.0. The Morgan fingerprint density at radius 2 is 1.62 bits per heavy atom. The van der Waals surface area contributed by atoms with Gasteiger partial charge in [0.25, 0.3) is 5.91 Å². The summed E-state index contributed by atoms with van der Waals surface area (Å²) in [5.41, 5.74) is 2.00. The lowest BCUT2D eigenvalue weighted by atomic mass is 10.0. The second-order valence-electron chi connectivity index (χ2n) is 7.84. The second kappa shape index (κ2) is 8.78. The van der Waals surface area contributed by atoms with Crippen molar-refractivity contribution in [2.45, 2.75) is 26.2 Å². The lowest BCUT2D eigenvalue weighted by molar-refractivity contribution is -0.133. The molecule has 0 bridgehead atoms. The van der Waals surface area contributed by atoms with Crippen LogP contribution in [0.1, 0.15) is 35.4 Å². The van der Waals surface area contributed by atoms with Crippen LogP contribution in [0.2, 0.25) is 0 Å². The molecular formula is C22H28N4O3. The molecule has 2 saturated heterocycles. The lowest BCUT2D eigenvalue weighted by Gasteiger charge is -2.36. The molecule has 4 rings (SSSR count). The number of benzene rings is 1. The molecule has 154 valence electrons. The number of piperazine rings is 1. The van der Waals surface area contributed by atoms with E-state index in [0.717, 1.165) is 31.5 Å². The Balaban J connectivity index is 1.37. The van der Waals surface area contributed by atoms with Crippen LogP contribution in [-0.4, -0.2) is 77.5 Å². The molecule has 2 aliphatic heterocycles. The number of hydrogen-bond donors (Lipinski definition) is 0. The zero-order chi connectivity index (χ0) is 20.2. The van der Waals surface area contributed by atoms with E-state index in [4.69, 9.17) is 4.52 Å². The van der Waals surface area contributed by atoms with E-state index in [1.807, 2.05) is 40.1 Å². The summed E-state index contributed by atoms with van der Waals surface area (Å²) in [6, 6.07) is 9.64. The van der Waals surface area contributed by atoms with E-state index < -0.39 is 0 Å². The van der Waals surface area contributed by atoms with Crippen molar-refractivity contribution in [2.24, 2.45) is 0 Å². The Morgan fingerprint density at radius 1 is 0.931 bits per heavy atom. The van der Waals surface area contributed by atoms with Crippen molar-refractivity contribution in [2.75, 3.05) is 45.8 Å². The quantitative estimate of drug-likeness (QED) is 0.794. The summed E-state index contributed by atoms with van der Waals surface area (Å²) in [5, 5.41) is 4.12. The van der Waals surface area contributed by atoms with Crippen molar-refractivity contribution in [1.29, 1.82) is 0 Å². The first kappa shape index (κ1) is 19.6. The van der Waals surface area contributed by atoms with Gasteiger partial charge in [0, 0.05) is 44.8 Å². The minimum Gasteiger partial charge on any atom is -0.360 e. The molecule has 3 heterocycles. The van der Waals surface area contributed by atoms with Gasteiger partial charge in [-0.2, -0.15) is 0 Å². The summed E-state index contributed by atoms with van der Waals surface area (Å²) in [6.07, 6.45) is 3.43. The number of rotatable bonds is 4. The highest BCUT2D eigenvalue weighted by Crippen LogP contribution is 2.26. The molecule has 2 aromatic rings. The summed E-state index contributed by atoms with van der Waals surface area (Å²) in [4.78, 5) is 31.7. The Labute approximate surface area is 171 Å². The van der Waals surface area contributed by atoms with Crippen molar-refractivity contribution in [3.05, 3.63) is 41.7 Å². The number of nitrogens with zero attached hydrogens (tertiary/aromatic N) is 4. The minimum atomic E-state index is -0.0513. The summed E-state index contributed by atoms with van der Waals surface area (Å²) >= 11 is 0. The van der Waals surface area contributed by atoms with Gasteiger partial charge in [-0.05, 0) is 26.2 Å². The molecule has 29 heavy (non-hydrogen) atoms. The topological polar surface area (TPSA) is 69.9 Å². The van der Waals surface area contributed by atoms with E-state index in [1.165, 1.54) is 6.42 Å². The van der Waals surface area contributed by atoms with Gasteiger partial charge >= 0.3 is 0 Å². The van der Waals surface area contributed by atoms with Gasteiger partial charge in [0.05, 0.1) is 6.54 Å². The van der Waals surface area contributed by atoms with E-state index in [2.05, 4.69) is 10.1 Å². The van der Waals surface area contributed by atoms with Crippen LogP contribution in [0.25, 0.3) is 11.3 Å². The molecule has 7 nitrogen and oxygen atoms in total. The SMILES string of the molecule is Cc1onc(-c2ccccc2)c1C(=O)N1CCN(CC(=O)N2CCCCC2)CC1. The predicted octanol–water partition coefficient (Wildman–Crippen LogP) is 2.42. The average Bonchev–Trinajstić information content (AvgIpc) is 3.16. The highest BCUT2D eigenvalue weighted by molar-refractivity contribution is 6.00. The van der Waals surface area contributed by atoms with Gasteiger partial charge in [-0.25, -0.2) is 0 Å². The third-order valence-corrected chi connectivity index (χ3v) is 5.85. The largest absolute Gasteiger partial charge is 0.360 e. The molecule has 0 unspecified atom stereocenters. The number of carbonyl (C=O) groups is 2. The van der Waals surface area contributed by atoms with Crippen molar-refractivity contribution in [3.8, 4) is 11.3 Å². The average molecular weight is 396 g/mol. The number of amides is 2. The molecule has 0 N–H and O–H groups in total.